The van der Waals surface area contributed by atoms with Crippen molar-refractivity contribution in [2.75, 3.05) is 6.54 Å². The van der Waals surface area contributed by atoms with E-state index in [1.165, 1.54) is 13.8 Å². The van der Waals surface area contributed by atoms with Gasteiger partial charge in [-0.15, -0.1) is 0 Å². The summed E-state index contributed by atoms with van der Waals surface area (Å²) >= 11 is 0. The van der Waals surface area contributed by atoms with E-state index in [0.29, 0.717) is 29.7 Å². The summed E-state index contributed by atoms with van der Waals surface area (Å²) in [6.07, 6.45) is 2.02. The van der Waals surface area contributed by atoms with Gasteiger partial charge in [0.25, 0.3) is 0 Å². The Kier molecular flexibility index (Phi) is 5.73. The number of nitrogens with one attached hydrogen (secondary N) is 1. The number of Topliss-reactive ketones (excluding diaryl/α,β-unsaturated/α-hetero) is 2. The lowest BCUT2D eigenvalue weighted by Crippen LogP contribution is -2.38. The van der Waals surface area contributed by atoms with Crippen molar-refractivity contribution < 1.29 is 28.7 Å². The molecular formula is C21H26N2O6. The number of rotatable bonds is 6. The third-order valence-corrected chi connectivity index (χ3v) is 5.93. The highest BCUT2D eigenvalue weighted by Gasteiger charge is 2.48. The number of esters is 1. The molecule has 29 heavy (non-hydrogen) atoms. The Hall–Kier alpha value is -2.77. The maximum absolute atomic E-state index is 12.7. The lowest BCUT2D eigenvalue weighted by molar-refractivity contribution is -0.154. The topological polar surface area (TPSA) is 114 Å². The molecule has 0 bridgehead atoms. The molecule has 2 heterocycles. The molecule has 2 aliphatic rings. The predicted molar refractivity (Wildman–Crippen MR) is 102 cm³/mol. The molecule has 1 saturated heterocycles. The maximum Gasteiger partial charge on any atom is 0.326 e. The van der Waals surface area contributed by atoms with Crippen LogP contribution >= 0.6 is 0 Å². The van der Waals surface area contributed by atoms with Crippen LogP contribution in [0.5, 0.6) is 0 Å². The molecule has 8 nitrogen and oxygen atoms in total. The van der Waals surface area contributed by atoms with Crippen molar-refractivity contribution >= 4 is 29.4 Å². The minimum absolute atomic E-state index is 0.160. The standard InChI is InChI=1S/C21H26N2O6/c1-10-17(12(3)24)11(2)22-18(10)19(26)13(4)29-16(25)9-23-20(27)14-7-5-6-8-15(14)21(23)28/h13-15,22H,5-9H2,1-4H3/t13-,14-,15+/m1/s1. The van der Waals surface area contributed by atoms with Crippen LogP contribution in [0, 0.1) is 25.7 Å². The minimum atomic E-state index is -1.12. The van der Waals surface area contributed by atoms with Gasteiger partial charge in [-0.3, -0.25) is 28.9 Å². The zero-order valence-corrected chi connectivity index (χ0v) is 17.2. The molecule has 1 N–H and O–H groups in total. The van der Waals surface area contributed by atoms with E-state index in [1.807, 2.05) is 0 Å². The van der Waals surface area contributed by atoms with Crippen LogP contribution in [0.25, 0.3) is 0 Å². The third kappa shape index (κ3) is 3.75. The van der Waals surface area contributed by atoms with Gasteiger partial charge in [-0.05, 0) is 46.1 Å². The number of fused-ring (bicyclic) bond motifs is 1. The van der Waals surface area contributed by atoms with E-state index >= 15 is 0 Å². The highest BCUT2D eigenvalue weighted by atomic mass is 16.5. The van der Waals surface area contributed by atoms with Gasteiger partial charge >= 0.3 is 5.97 Å². The normalized spacial score (nSPS) is 22.4. The molecule has 1 aromatic rings. The number of aryl methyl sites for hydroxylation is 1. The van der Waals surface area contributed by atoms with Crippen molar-refractivity contribution in [1.29, 1.82) is 0 Å². The molecule has 1 aliphatic heterocycles. The smallest absolute Gasteiger partial charge is 0.326 e. The van der Waals surface area contributed by atoms with Crippen LogP contribution in [0.2, 0.25) is 0 Å². The van der Waals surface area contributed by atoms with Gasteiger partial charge in [0.15, 0.2) is 11.9 Å². The number of aromatic amines is 1. The summed E-state index contributed by atoms with van der Waals surface area (Å²) in [5.41, 5.74) is 1.75. The average Bonchev–Trinajstić information content (AvgIpc) is 3.09. The van der Waals surface area contributed by atoms with Gasteiger partial charge < -0.3 is 9.72 Å². The summed E-state index contributed by atoms with van der Waals surface area (Å²) < 4.78 is 5.20. The van der Waals surface area contributed by atoms with Crippen molar-refractivity contribution in [3.63, 3.8) is 0 Å². The van der Waals surface area contributed by atoms with Crippen LogP contribution in [0.3, 0.4) is 0 Å². The number of ketones is 2. The van der Waals surface area contributed by atoms with Crippen LogP contribution in [0.15, 0.2) is 0 Å². The number of hydrogen-bond donors (Lipinski definition) is 1. The van der Waals surface area contributed by atoms with Gasteiger partial charge in [0.1, 0.15) is 6.54 Å². The van der Waals surface area contributed by atoms with Crippen LogP contribution in [-0.2, 0) is 19.1 Å². The van der Waals surface area contributed by atoms with E-state index < -0.39 is 24.4 Å². The zero-order valence-electron chi connectivity index (χ0n) is 17.2. The Morgan fingerprint density at radius 3 is 2.14 bits per heavy atom. The van der Waals surface area contributed by atoms with E-state index in [0.717, 1.165) is 17.7 Å². The van der Waals surface area contributed by atoms with Gasteiger partial charge in [-0.25, -0.2) is 0 Å². The quantitative estimate of drug-likeness (QED) is 0.443. The van der Waals surface area contributed by atoms with E-state index in [-0.39, 0.29) is 35.1 Å². The highest BCUT2D eigenvalue weighted by molar-refractivity contribution is 6.08. The second kappa shape index (κ2) is 7.93. The number of aromatic nitrogens is 1. The number of carbonyl (C=O) groups is 5. The fourth-order valence-corrected chi connectivity index (χ4v) is 4.53. The molecule has 0 radical (unpaired) electrons. The summed E-state index contributed by atoms with van der Waals surface area (Å²) in [6.45, 7) is 5.72. The molecule has 0 spiro atoms. The first-order valence-electron chi connectivity index (χ1n) is 9.92. The van der Waals surface area contributed by atoms with Gasteiger partial charge in [-0.1, -0.05) is 12.8 Å². The molecule has 1 aliphatic carbocycles. The Labute approximate surface area is 169 Å². The van der Waals surface area contributed by atoms with Gasteiger partial charge in [-0.2, -0.15) is 0 Å². The molecule has 1 saturated carbocycles. The largest absolute Gasteiger partial charge is 0.453 e. The molecule has 0 unspecified atom stereocenters. The fourth-order valence-electron chi connectivity index (χ4n) is 4.53. The number of carbonyl (C=O) groups excluding carboxylic acids is 5. The molecule has 0 aromatic carbocycles. The van der Waals surface area contributed by atoms with E-state index in [2.05, 4.69) is 4.98 Å². The van der Waals surface area contributed by atoms with Crippen molar-refractivity contribution in [3.05, 3.63) is 22.5 Å². The van der Waals surface area contributed by atoms with Gasteiger partial charge in [0, 0.05) is 11.3 Å². The van der Waals surface area contributed by atoms with Crippen molar-refractivity contribution in [2.45, 2.75) is 59.5 Å². The molecule has 156 valence electrons. The van der Waals surface area contributed by atoms with E-state index in [1.54, 1.807) is 13.8 Å². The molecule has 8 heteroatoms. The maximum atomic E-state index is 12.7. The molecule has 2 fully saturated rings. The molecule has 2 amide bonds. The lowest BCUT2D eigenvalue weighted by Gasteiger charge is -2.19. The number of imide groups is 1. The minimum Gasteiger partial charge on any atom is -0.453 e. The average molecular weight is 402 g/mol. The van der Waals surface area contributed by atoms with Crippen LogP contribution in [-0.4, -0.2) is 51.9 Å². The van der Waals surface area contributed by atoms with Crippen LogP contribution < -0.4 is 0 Å². The Morgan fingerprint density at radius 1 is 1.10 bits per heavy atom. The third-order valence-electron chi connectivity index (χ3n) is 5.93. The van der Waals surface area contributed by atoms with Crippen LogP contribution in [0.4, 0.5) is 0 Å². The number of nitrogens with zero attached hydrogens (tertiary/aromatic N) is 1. The van der Waals surface area contributed by atoms with E-state index in [4.69, 9.17) is 4.74 Å². The fraction of sp³-hybridized carbons (Fsp3) is 0.571. The Balaban J connectivity index is 1.66. The SMILES string of the molecule is CC(=O)c1c(C)[nH]c(C(=O)[C@@H](C)OC(=O)CN2C(=O)[C@H]3CCCC[C@H]3C2=O)c1C. The highest BCUT2D eigenvalue weighted by Crippen LogP contribution is 2.37. The zero-order chi connectivity index (χ0) is 21.5. The number of amides is 2. The van der Waals surface area contributed by atoms with Gasteiger partial charge in [0.05, 0.1) is 17.5 Å². The second-order valence-corrected chi connectivity index (χ2v) is 7.94. The van der Waals surface area contributed by atoms with Crippen molar-refractivity contribution in [3.8, 4) is 0 Å². The summed E-state index contributed by atoms with van der Waals surface area (Å²) in [6, 6.07) is 0. The van der Waals surface area contributed by atoms with Gasteiger partial charge in [0.2, 0.25) is 17.6 Å². The molecule has 3 atom stereocenters. The summed E-state index contributed by atoms with van der Waals surface area (Å²) in [4.78, 5) is 65.6. The monoisotopic (exact) mass is 402 g/mol. The molecule has 1 aromatic heterocycles. The van der Waals surface area contributed by atoms with E-state index in [9.17, 15) is 24.0 Å². The second-order valence-electron chi connectivity index (χ2n) is 7.94. The number of ether oxygens (including phenoxy) is 1. The first-order valence-corrected chi connectivity index (χ1v) is 9.92. The summed E-state index contributed by atoms with van der Waals surface area (Å²) in [7, 11) is 0. The first kappa shape index (κ1) is 21.0. The predicted octanol–water partition coefficient (Wildman–Crippen LogP) is 2.12. The summed E-state index contributed by atoms with van der Waals surface area (Å²) in [5.74, 6) is -2.75. The lowest BCUT2D eigenvalue weighted by atomic mass is 9.81. The first-order chi connectivity index (χ1) is 13.6. The van der Waals surface area contributed by atoms with Crippen molar-refractivity contribution in [2.24, 2.45) is 11.8 Å². The number of H-pyrrole nitrogens is 1. The Bertz CT molecular complexity index is 875. The molecule has 3 rings (SSSR count). The van der Waals surface area contributed by atoms with Crippen LogP contribution in [0.1, 0.15) is 71.6 Å². The Morgan fingerprint density at radius 2 is 1.66 bits per heavy atom. The summed E-state index contributed by atoms with van der Waals surface area (Å²) in [5, 5.41) is 0. The number of hydrogen-bond acceptors (Lipinski definition) is 6. The number of likely N-dealkylation sites (tertiary alicyclic amines) is 1. The van der Waals surface area contributed by atoms with Crippen molar-refractivity contribution in [1.82, 2.24) is 9.88 Å². The molecular weight excluding hydrogens is 376 g/mol.